The van der Waals surface area contributed by atoms with Crippen molar-refractivity contribution in [1.82, 2.24) is 4.98 Å². The summed E-state index contributed by atoms with van der Waals surface area (Å²) in [6, 6.07) is 4.51. The van der Waals surface area contributed by atoms with Gasteiger partial charge >= 0.3 is 0 Å². The minimum absolute atomic E-state index is 0.00417. The van der Waals surface area contributed by atoms with Gasteiger partial charge in [-0.1, -0.05) is 0 Å². The lowest BCUT2D eigenvalue weighted by Gasteiger charge is -2.09. The van der Waals surface area contributed by atoms with Crippen LogP contribution in [0.15, 0.2) is 39.8 Å². The number of nitrogens with zero attached hydrogens (tertiary/aromatic N) is 1. The van der Waals surface area contributed by atoms with Crippen molar-refractivity contribution in [3.63, 3.8) is 0 Å². The van der Waals surface area contributed by atoms with Crippen molar-refractivity contribution in [3.05, 3.63) is 46.6 Å². The SMILES string of the molecule is Nc1c(F)ccc(S(=O)(=O)Nc2ccc(Br)cn2)c1F. The Labute approximate surface area is 122 Å². The van der Waals surface area contributed by atoms with E-state index in [1.807, 2.05) is 0 Å². The van der Waals surface area contributed by atoms with Crippen LogP contribution in [0.3, 0.4) is 0 Å². The van der Waals surface area contributed by atoms with E-state index < -0.39 is 32.2 Å². The number of halogens is 3. The zero-order valence-electron chi connectivity index (χ0n) is 9.77. The van der Waals surface area contributed by atoms with Crippen LogP contribution in [0, 0.1) is 11.6 Å². The average Bonchev–Trinajstić information content (AvgIpc) is 2.38. The fourth-order valence-electron chi connectivity index (χ4n) is 1.39. The molecular formula is C11H8BrF2N3O2S. The van der Waals surface area contributed by atoms with E-state index in [0.717, 1.165) is 12.1 Å². The third kappa shape index (κ3) is 2.88. The highest BCUT2D eigenvalue weighted by Crippen LogP contribution is 2.24. The van der Waals surface area contributed by atoms with Gasteiger partial charge in [0.2, 0.25) is 0 Å². The molecule has 0 atom stereocenters. The van der Waals surface area contributed by atoms with Gasteiger partial charge in [-0.25, -0.2) is 22.2 Å². The molecule has 0 unspecified atom stereocenters. The van der Waals surface area contributed by atoms with Gasteiger partial charge in [-0.2, -0.15) is 0 Å². The minimum atomic E-state index is -4.25. The molecule has 0 aliphatic carbocycles. The van der Waals surface area contributed by atoms with Gasteiger partial charge in [0.1, 0.15) is 22.2 Å². The number of sulfonamides is 1. The Morgan fingerprint density at radius 3 is 2.50 bits per heavy atom. The maximum Gasteiger partial charge on any atom is 0.266 e. The molecule has 0 saturated heterocycles. The molecule has 0 spiro atoms. The number of hydrogen-bond donors (Lipinski definition) is 2. The molecular weight excluding hydrogens is 356 g/mol. The summed E-state index contributed by atoms with van der Waals surface area (Å²) in [6.07, 6.45) is 1.37. The molecule has 0 aliphatic rings. The lowest BCUT2D eigenvalue weighted by atomic mass is 10.3. The van der Waals surface area contributed by atoms with E-state index in [4.69, 9.17) is 5.73 Å². The summed E-state index contributed by atoms with van der Waals surface area (Å²) >= 11 is 3.14. The first kappa shape index (κ1) is 14.7. The Balaban J connectivity index is 2.41. The smallest absolute Gasteiger partial charge is 0.266 e. The number of anilines is 2. The largest absolute Gasteiger partial charge is 0.394 e. The number of rotatable bonds is 3. The first-order chi connectivity index (χ1) is 9.31. The Morgan fingerprint density at radius 2 is 1.90 bits per heavy atom. The van der Waals surface area contributed by atoms with Crippen LogP contribution < -0.4 is 10.5 Å². The molecule has 0 saturated carbocycles. The van der Waals surface area contributed by atoms with Gasteiger partial charge in [-0.05, 0) is 40.2 Å². The van der Waals surface area contributed by atoms with E-state index in [2.05, 4.69) is 25.6 Å². The molecule has 0 fully saturated rings. The van der Waals surface area contributed by atoms with Crippen molar-refractivity contribution in [3.8, 4) is 0 Å². The molecule has 20 heavy (non-hydrogen) atoms. The molecule has 2 rings (SSSR count). The van der Waals surface area contributed by atoms with Crippen LogP contribution in [0.1, 0.15) is 0 Å². The van der Waals surface area contributed by atoms with E-state index in [9.17, 15) is 17.2 Å². The van der Waals surface area contributed by atoms with Crippen LogP contribution in [0.2, 0.25) is 0 Å². The number of aromatic nitrogens is 1. The van der Waals surface area contributed by atoms with Crippen molar-refractivity contribution in [2.45, 2.75) is 4.90 Å². The molecule has 1 aromatic heterocycles. The normalized spacial score (nSPS) is 11.3. The maximum atomic E-state index is 13.7. The van der Waals surface area contributed by atoms with Gasteiger partial charge in [0, 0.05) is 10.7 Å². The maximum absolute atomic E-state index is 13.7. The monoisotopic (exact) mass is 363 g/mol. The summed E-state index contributed by atoms with van der Waals surface area (Å²) < 4.78 is 53.4. The Kier molecular flexibility index (Phi) is 3.91. The molecule has 5 nitrogen and oxygen atoms in total. The molecule has 0 bridgehead atoms. The lowest BCUT2D eigenvalue weighted by Crippen LogP contribution is -2.16. The number of nitrogens with two attached hydrogens (primary N) is 1. The number of nitrogen functional groups attached to an aromatic ring is 1. The topological polar surface area (TPSA) is 85.1 Å². The zero-order valence-corrected chi connectivity index (χ0v) is 12.2. The van der Waals surface area contributed by atoms with Gasteiger partial charge in [-0.3, -0.25) is 4.72 Å². The van der Waals surface area contributed by atoms with Crippen LogP contribution in [-0.2, 0) is 10.0 Å². The number of pyridine rings is 1. The van der Waals surface area contributed by atoms with Crippen molar-refractivity contribution in [2.24, 2.45) is 0 Å². The average molecular weight is 364 g/mol. The summed E-state index contributed by atoms with van der Waals surface area (Å²) in [5.41, 5.74) is 4.28. The summed E-state index contributed by atoms with van der Waals surface area (Å²) in [7, 11) is -4.25. The highest BCUT2D eigenvalue weighted by atomic mass is 79.9. The second-order valence-electron chi connectivity index (χ2n) is 3.74. The van der Waals surface area contributed by atoms with E-state index in [0.29, 0.717) is 4.47 Å². The van der Waals surface area contributed by atoms with Gasteiger partial charge in [0.25, 0.3) is 10.0 Å². The highest BCUT2D eigenvalue weighted by molar-refractivity contribution is 9.10. The zero-order chi connectivity index (χ0) is 14.9. The van der Waals surface area contributed by atoms with E-state index in [1.54, 1.807) is 6.07 Å². The van der Waals surface area contributed by atoms with Crippen molar-refractivity contribution in [1.29, 1.82) is 0 Å². The standard InChI is InChI=1S/C11H8BrF2N3O2S/c12-6-1-4-9(16-5-6)17-20(18,19)8-3-2-7(13)11(15)10(8)14/h1-5H,15H2,(H,16,17). The summed E-state index contributed by atoms with van der Waals surface area (Å²) in [5, 5.41) is 0. The first-order valence-corrected chi connectivity index (χ1v) is 7.47. The predicted molar refractivity (Wildman–Crippen MR) is 73.5 cm³/mol. The quantitative estimate of drug-likeness (QED) is 0.820. The minimum Gasteiger partial charge on any atom is -0.394 e. The second-order valence-corrected chi connectivity index (χ2v) is 6.31. The molecule has 0 amide bonds. The predicted octanol–water partition coefficient (Wildman–Crippen LogP) is 2.51. The van der Waals surface area contributed by atoms with Gasteiger partial charge in [0.15, 0.2) is 5.82 Å². The molecule has 9 heteroatoms. The first-order valence-electron chi connectivity index (χ1n) is 5.19. The number of benzene rings is 1. The van der Waals surface area contributed by atoms with Crippen LogP contribution in [0.4, 0.5) is 20.3 Å². The van der Waals surface area contributed by atoms with Crippen molar-refractivity contribution in [2.75, 3.05) is 10.5 Å². The molecule has 3 N–H and O–H groups in total. The molecule has 1 aromatic carbocycles. The van der Waals surface area contributed by atoms with Crippen LogP contribution in [0.5, 0.6) is 0 Å². The third-order valence-corrected chi connectivity index (χ3v) is 4.19. The van der Waals surface area contributed by atoms with Gasteiger partial charge < -0.3 is 5.73 Å². The summed E-state index contributed by atoms with van der Waals surface area (Å²) in [5.74, 6) is -2.37. The van der Waals surface area contributed by atoms with E-state index >= 15 is 0 Å². The van der Waals surface area contributed by atoms with Gasteiger partial charge in [-0.15, -0.1) is 0 Å². The van der Waals surface area contributed by atoms with Crippen molar-refractivity contribution >= 4 is 37.5 Å². The number of hydrogen-bond acceptors (Lipinski definition) is 4. The van der Waals surface area contributed by atoms with Crippen LogP contribution in [0.25, 0.3) is 0 Å². The molecule has 0 aliphatic heterocycles. The molecule has 0 radical (unpaired) electrons. The number of nitrogens with one attached hydrogen (secondary N) is 1. The highest BCUT2D eigenvalue weighted by Gasteiger charge is 2.23. The molecule has 2 aromatic rings. The van der Waals surface area contributed by atoms with E-state index in [1.165, 1.54) is 12.3 Å². The Morgan fingerprint density at radius 1 is 1.20 bits per heavy atom. The van der Waals surface area contributed by atoms with Gasteiger partial charge in [0.05, 0.1) is 0 Å². The van der Waals surface area contributed by atoms with E-state index in [-0.39, 0.29) is 5.82 Å². The fraction of sp³-hybridized carbons (Fsp3) is 0. The third-order valence-electron chi connectivity index (χ3n) is 2.35. The Bertz CT molecular complexity index is 751. The molecule has 1 heterocycles. The van der Waals surface area contributed by atoms with Crippen LogP contribution in [-0.4, -0.2) is 13.4 Å². The lowest BCUT2D eigenvalue weighted by molar-refractivity contribution is 0.557. The van der Waals surface area contributed by atoms with Crippen LogP contribution >= 0.6 is 15.9 Å². The Hall–Kier alpha value is -1.74. The molecule has 106 valence electrons. The second kappa shape index (κ2) is 5.33. The fourth-order valence-corrected chi connectivity index (χ4v) is 2.72. The summed E-state index contributed by atoms with van der Waals surface area (Å²) in [6.45, 7) is 0. The summed E-state index contributed by atoms with van der Waals surface area (Å²) in [4.78, 5) is 3.04. The van der Waals surface area contributed by atoms with Crippen molar-refractivity contribution < 1.29 is 17.2 Å².